The molecule has 0 bridgehead atoms. The Balaban J connectivity index is 1.82. The normalized spacial score (nSPS) is 14.7. The molecule has 26 heavy (non-hydrogen) atoms. The molecule has 0 unspecified atom stereocenters. The van der Waals surface area contributed by atoms with Gasteiger partial charge >= 0.3 is 0 Å². The Morgan fingerprint density at radius 1 is 1.27 bits per heavy atom. The van der Waals surface area contributed by atoms with Gasteiger partial charge in [0.1, 0.15) is 11.3 Å². The van der Waals surface area contributed by atoms with E-state index in [2.05, 4.69) is 9.71 Å². The fraction of sp³-hybridized carbons (Fsp3) is 0.235. The molecule has 0 amide bonds. The molecule has 9 heteroatoms. The number of nitrogens with one attached hydrogen (secondary N) is 1. The summed E-state index contributed by atoms with van der Waals surface area (Å²) in [6.07, 6.45) is 1.13. The summed E-state index contributed by atoms with van der Waals surface area (Å²) in [6.45, 7) is 0. The van der Waals surface area contributed by atoms with E-state index < -0.39 is 26.9 Å². The lowest BCUT2D eigenvalue weighted by Crippen LogP contribution is -2.19. The highest BCUT2D eigenvalue weighted by Gasteiger charge is 2.36. The number of sulfonamides is 1. The molecule has 0 saturated heterocycles. The molecule has 4 rings (SSSR count). The van der Waals surface area contributed by atoms with Gasteiger partial charge in [0.25, 0.3) is 0 Å². The average molecular weight is 506 g/mol. The number of fused-ring (bicyclic) bond motifs is 1. The standard InChI is InChI=1S/C17H13F2IN2O2S2/c18-13-6-10(20)2-1-9(13)5-12-14(22-26(23,24)11-3-4-11)7-15-17(16(12)19)21-8-25-15/h1-2,6-8,11,22H,3-5H2. The molecule has 1 fully saturated rings. The van der Waals surface area contributed by atoms with Crippen molar-refractivity contribution in [2.45, 2.75) is 24.5 Å². The molecule has 0 atom stereocenters. The minimum atomic E-state index is -3.57. The third kappa shape index (κ3) is 3.44. The van der Waals surface area contributed by atoms with Crippen molar-refractivity contribution in [3.63, 3.8) is 0 Å². The van der Waals surface area contributed by atoms with Gasteiger partial charge in [-0.05, 0) is 59.2 Å². The van der Waals surface area contributed by atoms with E-state index in [0.717, 1.165) is 3.57 Å². The molecule has 1 saturated carbocycles. The molecule has 0 aliphatic heterocycles. The number of hydrogen-bond acceptors (Lipinski definition) is 4. The second kappa shape index (κ2) is 6.68. The first kappa shape index (κ1) is 18.1. The van der Waals surface area contributed by atoms with Crippen molar-refractivity contribution in [2.24, 2.45) is 0 Å². The lowest BCUT2D eigenvalue weighted by molar-refractivity contribution is 0.599. The van der Waals surface area contributed by atoms with Gasteiger partial charge in [0, 0.05) is 15.6 Å². The molecule has 4 nitrogen and oxygen atoms in total. The summed E-state index contributed by atoms with van der Waals surface area (Å²) >= 11 is 3.22. The van der Waals surface area contributed by atoms with E-state index in [1.54, 1.807) is 18.2 Å². The highest BCUT2D eigenvalue weighted by atomic mass is 127. The molecule has 1 aromatic heterocycles. The van der Waals surface area contributed by atoms with E-state index in [0.29, 0.717) is 23.1 Å². The van der Waals surface area contributed by atoms with Crippen LogP contribution in [0.25, 0.3) is 10.2 Å². The first-order valence-electron chi connectivity index (χ1n) is 7.85. The summed E-state index contributed by atoms with van der Waals surface area (Å²) in [5, 5.41) is -0.439. The second-order valence-electron chi connectivity index (χ2n) is 6.17. The van der Waals surface area contributed by atoms with E-state index in [-0.39, 0.29) is 23.2 Å². The van der Waals surface area contributed by atoms with E-state index in [9.17, 15) is 12.8 Å². The average Bonchev–Trinajstić information content (AvgIpc) is 3.33. The predicted octanol–water partition coefficient (Wildman–Crippen LogP) is 4.67. The molecule has 0 radical (unpaired) electrons. The lowest BCUT2D eigenvalue weighted by atomic mass is 10.0. The van der Waals surface area contributed by atoms with Crippen molar-refractivity contribution in [1.29, 1.82) is 0 Å². The Hall–Kier alpha value is -1.33. The predicted molar refractivity (Wildman–Crippen MR) is 107 cm³/mol. The van der Waals surface area contributed by atoms with E-state index in [4.69, 9.17) is 0 Å². The number of aromatic nitrogens is 1. The molecular formula is C17H13F2IN2O2S2. The highest BCUT2D eigenvalue weighted by molar-refractivity contribution is 14.1. The first-order chi connectivity index (χ1) is 12.3. The van der Waals surface area contributed by atoms with Crippen LogP contribution in [0.2, 0.25) is 0 Å². The van der Waals surface area contributed by atoms with Gasteiger partial charge in [-0.3, -0.25) is 4.72 Å². The van der Waals surface area contributed by atoms with Gasteiger partial charge in [-0.25, -0.2) is 22.2 Å². The van der Waals surface area contributed by atoms with Gasteiger partial charge in [-0.15, -0.1) is 11.3 Å². The fourth-order valence-electron chi connectivity index (χ4n) is 2.74. The molecular weight excluding hydrogens is 493 g/mol. The van der Waals surface area contributed by atoms with Crippen molar-refractivity contribution >= 4 is 59.9 Å². The van der Waals surface area contributed by atoms with Gasteiger partial charge in [0.2, 0.25) is 10.0 Å². The third-order valence-corrected chi connectivity index (χ3v) is 7.57. The first-order valence-corrected chi connectivity index (χ1v) is 11.4. The summed E-state index contributed by atoms with van der Waals surface area (Å²) in [6, 6.07) is 6.26. The summed E-state index contributed by atoms with van der Waals surface area (Å²) in [5.74, 6) is -1.07. The maximum Gasteiger partial charge on any atom is 0.235 e. The zero-order valence-electron chi connectivity index (χ0n) is 13.3. The maximum atomic E-state index is 15.0. The van der Waals surface area contributed by atoms with Crippen LogP contribution in [0, 0.1) is 15.2 Å². The van der Waals surface area contributed by atoms with Crippen LogP contribution in [0.3, 0.4) is 0 Å². The number of halogens is 3. The summed E-state index contributed by atoms with van der Waals surface area (Å²) in [5.41, 5.74) is 2.23. The van der Waals surface area contributed by atoms with Gasteiger partial charge in [-0.1, -0.05) is 6.07 Å². The Bertz CT molecular complexity index is 1110. The number of benzene rings is 2. The zero-order valence-corrected chi connectivity index (χ0v) is 17.1. The highest BCUT2D eigenvalue weighted by Crippen LogP contribution is 2.35. The topological polar surface area (TPSA) is 59.1 Å². The Labute approximate surface area is 166 Å². The molecule has 0 spiro atoms. The van der Waals surface area contributed by atoms with Crippen molar-refractivity contribution < 1.29 is 17.2 Å². The minimum absolute atomic E-state index is 0.0649. The van der Waals surface area contributed by atoms with Crippen LogP contribution < -0.4 is 4.72 Å². The number of hydrogen-bond donors (Lipinski definition) is 1. The number of anilines is 1. The van der Waals surface area contributed by atoms with Crippen molar-refractivity contribution in [1.82, 2.24) is 4.98 Å². The largest absolute Gasteiger partial charge is 0.283 e. The van der Waals surface area contributed by atoms with Crippen LogP contribution in [-0.2, 0) is 16.4 Å². The Morgan fingerprint density at radius 3 is 2.73 bits per heavy atom. The molecule has 1 N–H and O–H groups in total. The molecule has 2 aromatic carbocycles. The second-order valence-corrected chi connectivity index (χ2v) is 10.3. The van der Waals surface area contributed by atoms with Crippen LogP contribution in [0.4, 0.5) is 14.5 Å². The van der Waals surface area contributed by atoms with E-state index in [1.165, 1.54) is 22.9 Å². The van der Waals surface area contributed by atoms with E-state index >= 15 is 4.39 Å². The summed E-state index contributed by atoms with van der Waals surface area (Å²) in [7, 11) is -3.57. The smallest absolute Gasteiger partial charge is 0.235 e. The van der Waals surface area contributed by atoms with Gasteiger partial charge in [0.15, 0.2) is 5.82 Å². The van der Waals surface area contributed by atoms with Crippen molar-refractivity contribution in [3.05, 3.63) is 56.1 Å². The third-order valence-electron chi connectivity index (χ3n) is 4.27. The number of thiazole rings is 1. The zero-order chi connectivity index (χ0) is 18.5. The fourth-order valence-corrected chi connectivity index (χ4v) is 5.31. The van der Waals surface area contributed by atoms with Crippen LogP contribution >= 0.6 is 33.9 Å². The van der Waals surface area contributed by atoms with Gasteiger partial charge in [0.05, 0.1) is 21.1 Å². The van der Waals surface area contributed by atoms with Crippen molar-refractivity contribution in [2.75, 3.05) is 4.72 Å². The molecule has 1 aliphatic rings. The van der Waals surface area contributed by atoms with Crippen LogP contribution in [-0.4, -0.2) is 18.7 Å². The van der Waals surface area contributed by atoms with Gasteiger partial charge < -0.3 is 0 Å². The Morgan fingerprint density at radius 2 is 2.04 bits per heavy atom. The molecule has 136 valence electrons. The SMILES string of the molecule is O=S(=O)(Nc1cc2scnc2c(F)c1Cc1ccc(I)cc1F)C1CC1. The number of rotatable bonds is 5. The quantitative estimate of drug-likeness (QED) is 0.512. The van der Waals surface area contributed by atoms with Crippen LogP contribution in [0.5, 0.6) is 0 Å². The van der Waals surface area contributed by atoms with Crippen LogP contribution in [0.1, 0.15) is 24.0 Å². The minimum Gasteiger partial charge on any atom is -0.283 e. The summed E-state index contributed by atoms with van der Waals surface area (Å²) in [4.78, 5) is 4.01. The lowest BCUT2D eigenvalue weighted by Gasteiger charge is -2.14. The Kier molecular flexibility index (Phi) is 4.64. The molecule has 1 aliphatic carbocycles. The van der Waals surface area contributed by atoms with Crippen molar-refractivity contribution in [3.8, 4) is 0 Å². The van der Waals surface area contributed by atoms with Crippen LogP contribution in [0.15, 0.2) is 29.8 Å². The van der Waals surface area contributed by atoms with Gasteiger partial charge in [-0.2, -0.15) is 0 Å². The van der Waals surface area contributed by atoms with E-state index in [1.807, 2.05) is 22.6 Å². The monoisotopic (exact) mass is 506 g/mol. The summed E-state index contributed by atoms with van der Waals surface area (Å²) < 4.78 is 57.8. The molecule has 3 aromatic rings. The maximum absolute atomic E-state index is 15.0. The number of nitrogens with zero attached hydrogens (tertiary/aromatic N) is 1. The molecule has 1 heterocycles.